The largest absolute Gasteiger partial charge is 0.508 e. The highest BCUT2D eigenvalue weighted by Gasteiger charge is 2.12. The van der Waals surface area contributed by atoms with Crippen molar-refractivity contribution in [3.8, 4) is 5.75 Å². The first kappa shape index (κ1) is 17.0. The molecule has 6 heteroatoms. The Morgan fingerprint density at radius 2 is 2.05 bits per heavy atom. The molecule has 1 atom stereocenters. The number of primary amides is 1. The second-order valence-corrected chi connectivity index (χ2v) is 4.96. The molecule has 1 rings (SSSR count). The van der Waals surface area contributed by atoms with Gasteiger partial charge in [-0.2, -0.15) is 0 Å². The van der Waals surface area contributed by atoms with Gasteiger partial charge in [0.1, 0.15) is 5.75 Å². The number of rotatable bonds is 8. The lowest BCUT2D eigenvalue weighted by Gasteiger charge is -2.16. The van der Waals surface area contributed by atoms with E-state index in [0.717, 1.165) is 6.42 Å². The monoisotopic (exact) mass is 293 g/mol. The van der Waals surface area contributed by atoms with E-state index in [1.807, 2.05) is 13.8 Å². The highest BCUT2D eigenvalue weighted by atomic mass is 16.3. The zero-order valence-corrected chi connectivity index (χ0v) is 12.5. The number of carbonyl (C=O) groups excluding carboxylic acids is 2. The average molecular weight is 293 g/mol. The van der Waals surface area contributed by atoms with Crippen LogP contribution in [0.4, 0.5) is 5.69 Å². The second kappa shape index (κ2) is 8.26. The summed E-state index contributed by atoms with van der Waals surface area (Å²) in [5.41, 5.74) is 6.38. The van der Waals surface area contributed by atoms with Crippen LogP contribution in [0.3, 0.4) is 0 Å². The van der Waals surface area contributed by atoms with E-state index in [1.54, 1.807) is 18.2 Å². The number of phenols is 1. The second-order valence-electron chi connectivity index (χ2n) is 4.96. The first-order valence-electron chi connectivity index (χ1n) is 7.08. The molecule has 5 N–H and O–H groups in total. The Bertz CT molecular complexity index is 503. The normalized spacial score (nSPS) is 11.9. The predicted octanol–water partition coefficient (Wildman–Crippen LogP) is 1.66. The van der Waals surface area contributed by atoms with Crippen molar-refractivity contribution < 1.29 is 14.7 Å². The summed E-state index contributed by atoms with van der Waals surface area (Å²) < 4.78 is 0. The van der Waals surface area contributed by atoms with E-state index in [0.29, 0.717) is 24.2 Å². The molecule has 6 nitrogen and oxygen atoms in total. The molecule has 0 aliphatic rings. The first-order valence-corrected chi connectivity index (χ1v) is 7.08. The summed E-state index contributed by atoms with van der Waals surface area (Å²) in [7, 11) is 0. The van der Waals surface area contributed by atoms with E-state index in [2.05, 4.69) is 10.6 Å². The Labute approximate surface area is 124 Å². The van der Waals surface area contributed by atoms with E-state index >= 15 is 0 Å². The van der Waals surface area contributed by atoms with E-state index in [1.165, 1.54) is 0 Å². The van der Waals surface area contributed by atoms with E-state index < -0.39 is 0 Å². The number of nitrogens with two attached hydrogens (primary N) is 1. The number of anilines is 1. The van der Waals surface area contributed by atoms with Crippen LogP contribution in [-0.4, -0.2) is 23.5 Å². The molecule has 0 saturated carbocycles. The van der Waals surface area contributed by atoms with E-state index in [9.17, 15) is 14.7 Å². The predicted molar refractivity (Wildman–Crippen MR) is 81.9 cm³/mol. The van der Waals surface area contributed by atoms with Gasteiger partial charge in [0.15, 0.2) is 0 Å². The van der Waals surface area contributed by atoms with Crippen LogP contribution in [0.2, 0.25) is 0 Å². The third kappa shape index (κ3) is 5.83. The summed E-state index contributed by atoms with van der Waals surface area (Å²) in [5.74, 6) is -0.287. The van der Waals surface area contributed by atoms with Crippen LogP contribution in [0.1, 0.15) is 44.7 Å². The summed E-state index contributed by atoms with van der Waals surface area (Å²) in [4.78, 5) is 22.3. The van der Waals surface area contributed by atoms with Crippen LogP contribution in [-0.2, 0) is 9.59 Å². The molecule has 0 aromatic heterocycles. The molecule has 21 heavy (non-hydrogen) atoms. The zero-order valence-electron chi connectivity index (χ0n) is 12.5. The van der Waals surface area contributed by atoms with Gasteiger partial charge in [0.05, 0.1) is 0 Å². The standard InChI is InChI=1S/C15H23N3O3/c1-3-4-15(21)18-11-5-6-13(19)12(9-11)10(2)17-8-7-14(16)20/h5-6,9-10,17,19H,3-4,7-8H2,1-2H3,(H2,16,20)(H,18,21). The number of aromatic hydroxyl groups is 1. The summed E-state index contributed by atoms with van der Waals surface area (Å²) in [6.45, 7) is 4.24. The Kier molecular flexibility index (Phi) is 6.68. The van der Waals surface area contributed by atoms with Crippen molar-refractivity contribution in [2.24, 2.45) is 5.73 Å². The van der Waals surface area contributed by atoms with Crippen molar-refractivity contribution in [1.82, 2.24) is 5.32 Å². The lowest BCUT2D eigenvalue weighted by Crippen LogP contribution is -2.24. The first-order chi connectivity index (χ1) is 9.93. The maximum atomic E-state index is 11.6. The average Bonchev–Trinajstić information content (AvgIpc) is 2.40. The molecule has 2 amide bonds. The highest BCUT2D eigenvalue weighted by Crippen LogP contribution is 2.27. The number of hydrogen-bond acceptors (Lipinski definition) is 4. The minimum atomic E-state index is -0.375. The fraction of sp³-hybridized carbons (Fsp3) is 0.467. The van der Waals surface area contributed by atoms with Gasteiger partial charge in [-0.15, -0.1) is 0 Å². The highest BCUT2D eigenvalue weighted by molar-refractivity contribution is 5.90. The summed E-state index contributed by atoms with van der Waals surface area (Å²) in [6.07, 6.45) is 1.47. The molecular formula is C15H23N3O3. The lowest BCUT2D eigenvalue weighted by atomic mass is 10.1. The maximum absolute atomic E-state index is 11.6. The van der Waals surface area contributed by atoms with Gasteiger partial charge in [0.2, 0.25) is 11.8 Å². The molecule has 0 saturated heterocycles. The molecule has 1 aromatic carbocycles. The molecule has 0 heterocycles. The molecule has 0 spiro atoms. The number of phenolic OH excluding ortho intramolecular Hbond substituents is 1. The Hall–Kier alpha value is -2.08. The van der Waals surface area contributed by atoms with Crippen molar-refractivity contribution in [2.45, 2.75) is 39.2 Å². The summed E-state index contributed by atoms with van der Waals surface area (Å²) in [6, 6.07) is 4.77. The van der Waals surface area contributed by atoms with Crippen LogP contribution in [0.15, 0.2) is 18.2 Å². The third-order valence-electron chi connectivity index (χ3n) is 3.08. The van der Waals surface area contributed by atoms with Crippen LogP contribution < -0.4 is 16.4 Å². The third-order valence-corrected chi connectivity index (χ3v) is 3.08. The Morgan fingerprint density at radius 1 is 1.33 bits per heavy atom. The van der Waals surface area contributed by atoms with E-state index in [-0.39, 0.29) is 30.0 Å². The number of hydrogen-bond donors (Lipinski definition) is 4. The molecule has 1 aromatic rings. The molecular weight excluding hydrogens is 270 g/mol. The molecule has 0 bridgehead atoms. The minimum Gasteiger partial charge on any atom is -0.508 e. The van der Waals surface area contributed by atoms with Gasteiger partial charge in [-0.25, -0.2) is 0 Å². The topological polar surface area (TPSA) is 104 Å². The SMILES string of the molecule is CCCC(=O)Nc1ccc(O)c(C(C)NCCC(N)=O)c1. The van der Waals surface area contributed by atoms with Gasteiger partial charge in [-0.1, -0.05) is 6.92 Å². The van der Waals surface area contributed by atoms with Crippen molar-refractivity contribution in [3.05, 3.63) is 23.8 Å². The van der Waals surface area contributed by atoms with Crippen molar-refractivity contribution in [1.29, 1.82) is 0 Å². The number of nitrogens with one attached hydrogen (secondary N) is 2. The van der Waals surface area contributed by atoms with Gasteiger partial charge >= 0.3 is 0 Å². The number of amides is 2. The van der Waals surface area contributed by atoms with Crippen LogP contribution in [0, 0.1) is 0 Å². The van der Waals surface area contributed by atoms with Crippen LogP contribution in [0.25, 0.3) is 0 Å². The van der Waals surface area contributed by atoms with Gasteiger partial charge < -0.3 is 21.5 Å². The summed E-state index contributed by atoms with van der Waals surface area (Å²) >= 11 is 0. The fourth-order valence-corrected chi connectivity index (χ4v) is 1.95. The van der Waals surface area contributed by atoms with Gasteiger partial charge in [0.25, 0.3) is 0 Å². The van der Waals surface area contributed by atoms with E-state index in [4.69, 9.17) is 5.73 Å². The summed E-state index contributed by atoms with van der Waals surface area (Å²) in [5, 5.41) is 15.8. The lowest BCUT2D eigenvalue weighted by molar-refractivity contribution is -0.118. The quantitative estimate of drug-likeness (QED) is 0.547. The Morgan fingerprint density at radius 3 is 2.67 bits per heavy atom. The molecule has 0 aliphatic heterocycles. The van der Waals surface area contributed by atoms with Gasteiger partial charge in [-0.3, -0.25) is 9.59 Å². The van der Waals surface area contributed by atoms with Crippen molar-refractivity contribution in [3.63, 3.8) is 0 Å². The van der Waals surface area contributed by atoms with Crippen LogP contribution in [0.5, 0.6) is 5.75 Å². The number of benzene rings is 1. The molecule has 0 radical (unpaired) electrons. The van der Waals surface area contributed by atoms with Gasteiger partial charge in [0, 0.05) is 36.7 Å². The Balaban J connectivity index is 2.72. The van der Waals surface area contributed by atoms with Gasteiger partial charge in [-0.05, 0) is 31.5 Å². The maximum Gasteiger partial charge on any atom is 0.224 e. The molecule has 1 unspecified atom stereocenters. The van der Waals surface area contributed by atoms with Crippen molar-refractivity contribution >= 4 is 17.5 Å². The zero-order chi connectivity index (χ0) is 15.8. The molecule has 0 aliphatic carbocycles. The smallest absolute Gasteiger partial charge is 0.224 e. The molecule has 116 valence electrons. The van der Waals surface area contributed by atoms with Crippen LogP contribution >= 0.6 is 0 Å². The molecule has 0 fully saturated rings. The fourth-order valence-electron chi connectivity index (χ4n) is 1.95. The number of carbonyl (C=O) groups is 2. The van der Waals surface area contributed by atoms with Crippen molar-refractivity contribution in [2.75, 3.05) is 11.9 Å². The minimum absolute atomic E-state index is 0.0523.